The minimum absolute atomic E-state index is 0.202. The molecule has 126 valence electrons. The third kappa shape index (κ3) is 4.32. The Hall–Kier alpha value is -0.880. The maximum absolute atomic E-state index is 11.9. The number of nitrogens with zero attached hydrogens (tertiary/aromatic N) is 3. The van der Waals surface area contributed by atoms with Crippen molar-refractivity contribution in [2.24, 2.45) is 5.92 Å². The van der Waals surface area contributed by atoms with Crippen molar-refractivity contribution in [3.05, 3.63) is 11.9 Å². The van der Waals surface area contributed by atoms with Gasteiger partial charge in [0.15, 0.2) is 0 Å². The smallest absolute Gasteiger partial charge is 0.227 e. The van der Waals surface area contributed by atoms with Gasteiger partial charge in [0, 0.05) is 25.4 Å². The molecule has 0 N–H and O–H groups in total. The molecule has 2 rings (SSSR count). The van der Waals surface area contributed by atoms with E-state index in [9.17, 15) is 8.42 Å². The molecule has 1 fully saturated rings. The van der Waals surface area contributed by atoms with Gasteiger partial charge in [-0.15, -0.1) is 0 Å². The van der Waals surface area contributed by atoms with Gasteiger partial charge in [0.25, 0.3) is 0 Å². The van der Waals surface area contributed by atoms with Crippen LogP contribution >= 0.6 is 0 Å². The molecule has 0 bridgehead atoms. The Balaban J connectivity index is 2.20. The lowest BCUT2D eigenvalue weighted by molar-refractivity contribution is 0.180. The highest BCUT2D eigenvalue weighted by molar-refractivity contribution is 7.90. The van der Waals surface area contributed by atoms with Crippen LogP contribution in [0.2, 0.25) is 0 Å². The van der Waals surface area contributed by atoms with E-state index in [0.717, 1.165) is 12.2 Å². The van der Waals surface area contributed by atoms with Gasteiger partial charge >= 0.3 is 0 Å². The second kappa shape index (κ2) is 7.13. The molecule has 6 heteroatoms. The zero-order chi connectivity index (χ0) is 16.3. The zero-order valence-electron chi connectivity index (χ0n) is 14.2. The molecule has 0 radical (unpaired) electrons. The molecule has 5 nitrogen and oxygen atoms in total. The first kappa shape index (κ1) is 17.5. The predicted molar refractivity (Wildman–Crippen MR) is 88.5 cm³/mol. The molecule has 0 saturated heterocycles. The monoisotopic (exact) mass is 327 g/mol. The van der Waals surface area contributed by atoms with Gasteiger partial charge in [-0.1, -0.05) is 33.1 Å². The molecule has 1 aromatic heterocycles. The van der Waals surface area contributed by atoms with E-state index in [4.69, 9.17) is 0 Å². The highest BCUT2D eigenvalue weighted by Gasteiger charge is 2.23. The van der Waals surface area contributed by atoms with E-state index >= 15 is 0 Å². The normalized spacial score (nSPS) is 17.5. The molecule has 0 unspecified atom stereocenters. The summed E-state index contributed by atoms with van der Waals surface area (Å²) in [6.45, 7) is 5.65. The van der Waals surface area contributed by atoms with E-state index < -0.39 is 9.84 Å². The van der Waals surface area contributed by atoms with Gasteiger partial charge in [0.1, 0.15) is 0 Å². The standard InChI is InChI=1S/C16H29N3O2S/c1-13(2)11-19-15(10-17-16(19)22(4,20)21)12-18(3)14-8-6-5-7-9-14/h10,13-14H,5-9,11-12H2,1-4H3. The molecule has 0 spiro atoms. The van der Waals surface area contributed by atoms with Crippen molar-refractivity contribution < 1.29 is 8.42 Å². The Morgan fingerprint density at radius 3 is 2.50 bits per heavy atom. The van der Waals surface area contributed by atoms with Crippen LogP contribution in [0.5, 0.6) is 0 Å². The molecule has 22 heavy (non-hydrogen) atoms. The summed E-state index contributed by atoms with van der Waals surface area (Å²) in [5.41, 5.74) is 1.00. The summed E-state index contributed by atoms with van der Waals surface area (Å²) < 4.78 is 25.8. The molecule has 1 heterocycles. The maximum atomic E-state index is 11.9. The van der Waals surface area contributed by atoms with E-state index in [1.54, 1.807) is 6.20 Å². The summed E-state index contributed by atoms with van der Waals surface area (Å²) >= 11 is 0. The molecular formula is C16H29N3O2S. The predicted octanol–water partition coefficient (Wildman–Crippen LogP) is 2.71. The Labute approximate surface area is 134 Å². The largest absolute Gasteiger partial charge is 0.317 e. The molecule has 0 amide bonds. The van der Waals surface area contributed by atoms with E-state index in [2.05, 4.69) is 30.8 Å². The van der Waals surface area contributed by atoms with Crippen LogP contribution in [0.25, 0.3) is 0 Å². The number of hydrogen-bond acceptors (Lipinski definition) is 4. The van der Waals surface area contributed by atoms with E-state index in [0.29, 0.717) is 18.5 Å². The third-order valence-electron chi connectivity index (χ3n) is 4.39. The highest BCUT2D eigenvalue weighted by Crippen LogP contribution is 2.24. The summed E-state index contributed by atoms with van der Waals surface area (Å²) in [7, 11) is -1.14. The van der Waals surface area contributed by atoms with Gasteiger partial charge in [-0.05, 0) is 25.8 Å². The van der Waals surface area contributed by atoms with Crippen LogP contribution in [-0.2, 0) is 22.9 Å². The summed E-state index contributed by atoms with van der Waals surface area (Å²) in [5, 5.41) is 0.202. The van der Waals surface area contributed by atoms with Crippen molar-refractivity contribution in [3.8, 4) is 0 Å². The van der Waals surface area contributed by atoms with Crippen LogP contribution in [0.15, 0.2) is 11.4 Å². The van der Waals surface area contributed by atoms with Crippen molar-refractivity contribution in [1.82, 2.24) is 14.5 Å². The number of imidazole rings is 1. The second-order valence-electron chi connectivity index (χ2n) is 7.02. The number of rotatable bonds is 6. The summed E-state index contributed by atoms with van der Waals surface area (Å²) in [6, 6.07) is 0.609. The molecule has 1 aliphatic carbocycles. The van der Waals surface area contributed by atoms with Crippen molar-refractivity contribution in [3.63, 3.8) is 0 Å². The Morgan fingerprint density at radius 1 is 1.32 bits per heavy atom. The van der Waals surface area contributed by atoms with Crippen LogP contribution in [-0.4, -0.2) is 42.2 Å². The number of aromatic nitrogens is 2. The molecule has 1 aromatic rings. The number of sulfone groups is 1. The summed E-state index contributed by atoms with van der Waals surface area (Å²) in [4.78, 5) is 6.55. The maximum Gasteiger partial charge on any atom is 0.227 e. The Morgan fingerprint density at radius 2 is 1.95 bits per heavy atom. The lowest BCUT2D eigenvalue weighted by Crippen LogP contribution is -2.33. The van der Waals surface area contributed by atoms with Gasteiger partial charge in [0.05, 0.1) is 11.9 Å². The summed E-state index contributed by atoms with van der Waals surface area (Å²) in [6.07, 6.45) is 9.40. The molecule has 0 aromatic carbocycles. The first-order valence-electron chi connectivity index (χ1n) is 8.23. The van der Waals surface area contributed by atoms with Gasteiger partial charge < -0.3 is 4.57 Å². The third-order valence-corrected chi connectivity index (χ3v) is 5.38. The average molecular weight is 327 g/mol. The van der Waals surface area contributed by atoms with Gasteiger partial charge in [0.2, 0.25) is 15.0 Å². The Kier molecular flexibility index (Phi) is 5.66. The minimum atomic E-state index is -3.29. The van der Waals surface area contributed by atoms with E-state index in [1.165, 1.54) is 38.4 Å². The van der Waals surface area contributed by atoms with Gasteiger partial charge in [-0.25, -0.2) is 13.4 Å². The zero-order valence-corrected chi connectivity index (χ0v) is 15.1. The van der Waals surface area contributed by atoms with Crippen molar-refractivity contribution in [2.45, 2.75) is 70.2 Å². The fourth-order valence-corrected chi connectivity index (χ4v) is 4.12. The Bertz CT molecular complexity index is 587. The first-order chi connectivity index (χ1) is 10.3. The van der Waals surface area contributed by atoms with Gasteiger partial charge in [-0.3, -0.25) is 4.90 Å². The fourth-order valence-electron chi connectivity index (χ4n) is 3.28. The summed E-state index contributed by atoms with van der Waals surface area (Å²) in [5.74, 6) is 0.383. The van der Waals surface area contributed by atoms with Crippen LogP contribution in [0, 0.1) is 5.92 Å². The number of hydrogen-bond donors (Lipinski definition) is 0. The van der Waals surface area contributed by atoms with E-state index in [-0.39, 0.29) is 5.16 Å². The lowest BCUT2D eigenvalue weighted by Gasteiger charge is -2.31. The fraction of sp³-hybridized carbons (Fsp3) is 0.812. The molecule has 0 atom stereocenters. The molecule has 1 saturated carbocycles. The van der Waals surface area contributed by atoms with Crippen LogP contribution < -0.4 is 0 Å². The van der Waals surface area contributed by atoms with E-state index in [1.807, 2.05) is 4.57 Å². The first-order valence-corrected chi connectivity index (χ1v) is 10.1. The quantitative estimate of drug-likeness (QED) is 0.806. The van der Waals surface area contributed by atoms with Crippen molar-refractivity contribution in [1.29, 1.82) is 0 Å². The minimum Gasteiger partial charge on any atom is -0.317 e. The SMILES string of the molecule is CC(C)Cn1c(CN(C)C2CCCCC2)cnc1S(C)(=O)=O. The van der Waals surface area contributed by atoms with Crippen molar-refractivity contribution in [2.75, 3.05) is 13.3 Å². The second-order valence-corrected chi connectivity index (χ2v) is 8.93. The molecular weight excluding hydrogens is 298 g/mol. The van der Waals surface area contributed by atoms with Crippen LogP contribution in [0.3, 0.4) is 0 Å². The lowest BCUT2D eigenvalue weighted by atomic mass is 9.94. The molecule has 0 aliphatic heterocycles. The highest BCUT2D eigenvalue weighted by atomic mass is 32.2. The van der Waals surface area contributed by atoms with Gasteiger partial charge in [-0.2, -0.15) is 0 Å². The van der Waals surface area contributed by atoms with Crippen LogP contribution in [0.4, 0.5) is 0 Å². The van der Waals surface area contributed by atoms with Crippen molar-refractivity contribution >= 4 is 9.84 Å². The average Bonchev–Trinajstić information content (AvgIpc) is 2.82. The van der Waals surface area contributed by atoms with Crippen LogP contribution in [0.1, 0.15) is 51.6 Å². The topological polar surface area (TPSA) is 55.2 Å². The molecule has 1 aliphatic rings.